The zero-order valence-corrected chi connectivity index (χ0v) is 54.7. The summed E-state index contributed by atoms with van der Waals surface area (Å²) in [5.41, 5.74) is 1.92. The van der Waals surface area contributed by atoms with Gasteiger partial charge in [0.15, 0.2) is 17.3 Å². The summed E-state index contributed by atoms with van der Waals surface area (Å²) in [6.45, 7) is 8.60. The molecule has 0 aliphatic carbocycles. The first-order valence-corrected chi connectivity index (χ1v) is 32.9. The Morgan fingerprint density at radius 2 is 1.45 bits per heavy atom. The van der Waals surface area contributed by atoms with Crippen molar-refractivity contribution in [3.63, 3.8) is 0 Å². The van der Waals surface area contributed by atoms with E-state index in [9.17, 15) is 72.9 Å². The molecule has 3 aromatic rings. The smallest absolute Gasteiger partial charge is 0.243 e. The first-order valence-electron chi connectivity index (χ1n) is 31.9. The van der Waals surface area contributed by atoms with E-state index in [1.165, 1.54) is 6.92 Å². The van der Waals surface area contributed by atoms with Crippen LogP contribution in [0.25, 0.3) is 10.9 Å². The summed E-state index contributed by atoms with van der Waals surface area (Å²) >= 11 is 1.06. The van der Waals surface area contributed by atoms with Gasteiger partial charge in [0.05, 0.1) is 61.0 Å². The van der Waals surface area contributed by atoms with Gasteiger partial charge < -0.3 is 67.7 Å². The van der Waals surface area contributed by atoms with Crippen LogP contribution in [0.15, 0.2) is 53.6 Å². The maximum Gasteiger partial charge on any atom is 0.243 e. The Labute approximate surface area is 548 Å². The van der Waals surface area contributed by atoms with Crippen LogP contribution in [-0.4, -0.2) is 193 Å². The molecule has 0 spiro atoms. The van der Waals surface area contributed by atoms with Gasteiger partial charge in [-0.3, -0.25) is 72.0 Å². The fourth-order valence-corrected chi connectivity index (χ4v) is 13.1. The summed E-state index contributed by atoms with van der Waals surface area (Å²) in [4.78, 5) is 199. The van der Waals surface area contributed by atoms with Crippen molar-refractivity contribution in [3.05, 3.63) is 59.7 Å². The molecule has 29 heteroatoms. The molecule has 13 atom stereocenters. The van der Waals surface area contributed by atoms with E-state index in [0.717, 1.165) is 21.6 Å². The third-order valence-electron chi connectivity index (χ3n) is 17.9. The van der Waals surface area contributed by atoms with E-state index in [1.807, 2.05) is 0 Å². The van der Waals surface area contributed by atoms with Crippen molar-refractivity contribution < 1.29 is 82.4 Å². The number of para-hydroxylation sites is 1. The van der Waals surface area contributed by atoms with E-state index in [4.69, 9.17) is 0 Å². The second-order valence-corrected chi connectivity index (χ2v) is 26.5. The minimum atomic E-state index is -1.63. The lowest BCUT2D eigenvalue weighted by Gasteiger charge is -2.32. The molecule has 510 valence electrons. The first kappa shape index (κ1) is 73.0. The van der Waals surface area contributed by atoms with Crippen LogP contribution in [0.3, 0.4) is 0 Å². The van der Waals surface area contributed by atoms with E-state index >= 15 is 9.59 Å². The number of hydrogen-bond donors (Lipinski definition) is 12. The molecule has 2 unspecified atom stereocenters. The molecular formula is C65H87N11O17S. The number of thioether (sulfide) groups is 1. The Hall–Kier alpha value is -8.41. The van der Waals surface area contributed by atoms with Gasteiger partial charge in [-0.1, -0.05) is 85.2 Å². The van der Waals surface area contributed by atoms with E-state index in [2.05, 4.69) is 47.5 Å². The predicted octanol–water partition coefficient (Wildman–Crippen LogP) is -0.169. The molecule has 5 heterocycles. The topological polar surface area (TPSA) is 418 Å². The number of aromatic nitrogens is 1. The molecule has 2 bridgehead atoms. The number of rotatable bonds is 19. The van der Waals surface area contributed by atoms with Gasteiger partial charge >= 0.3 is 0 Å². The minimum absolute atomic E-state index is 0.0666. The predicted molar refractivity (Wildman–Crippen MR) is 341 cm³/mol. The van der Waals surface area contributed by atoms with Gasteiger partial charge in [-0.2, -0.15) is 0 Å². The van der Waals surface area contributed by atoms with Crippen molar-refractivity contribution in [3.8, 4) is 0 Å². The molecular weight excluding hydrogens is 1240 g/mol. The van der Waals surface area contributed by atoms with Crippen molar-refractivity contribution in [1.29, 1.82) is 0 Å². The number of benzene rings is 2. The lowest BCUT2D eigenvalue weighted by atomic mass is 9.85. The zero-order chi connectivity index (χ0) is 68.8. The van der Waals surface area contributed by atoms with Crippen LogP contribution in [0.1, 0.15) is 111 Å². The lowest BCUT2D eigenvalue weighted by Crippen LogP contribution is -2.56. The van der Waals surface area contributed by atoms with E-state index in [0.29, 0.717) is 39.2 Å². The first-order chi connectivity index (χ1) is 44.6. The largest absolute Gasteiger partial charge is 0.394 e. The third kappa shape index (κ3) is 18.9. The highest BCUT2D eigenvalue weighted by Crippen LogP contribution is 2.35. The number of carbonyl (C=O) groups excluding carboxylic acids is 14. The lowest BCUT2D eigenvalue weighted by molar-refractivity contribution is -0.145. The van der Waals surface area contributed by atoms with Crippen molar-refractivity contribution >= 4 is 111 Å². The van der Waals surface area contributed by atoms with Gasteiger partial charge in [-0.15, -0.1) is 11.8 Å². The number of anilines is 1. The van der Waals surface area contributed by atoms with Crippen LogP contribution in [0.2, 0.25) is 0 Å². The standard InChI is InChI=1S/C65H87N11O17S/c1-8-33(4)57-62(91)68-27-53(85)70-45-31-94-63-43(42-11-9-10-12-44(42)71-63)21-38(60(89)67-28-54(86)73-57)22-49(81)58(36(7)50(82)30-77)74-61(90)46-25-41(78)29-76(46)65(93)39(23-47(45)79)24-52(84)66-26-37-13-15-40(16-14-37)69-59(88)34(5)19-48(80)56(32(2)3)72-51(83)17-18-75-55(87)20-35(6)64(75)92/h9-16,32-36,38-39,41,45-46,50,56-58,71,77-78,82H,8,17-31H2,1-7H3,(H,66,84)(H,67,89)(H,68,91)(H,69,88)(H,70,85)(H,72,83)(H,73,86)(H,74,90)/t33-,34+,35?,36-,38+,39-,41?,45-,46-,50-,56-,57-,58-/m0/s1. The van der Waals surface area contributed by atoms with Crippen LogP contribution in [-0.2, 0) is 80.1 Å². The highest BCUT2D eigenvalue weighted by atomic mass is 32.2. The number of likely N-dealkylation sites (tertiary alicyclic amines) is 1. The van der Waals surface area contributed by atoms with E-state index in [-0.39, 0.29) is 68.7 Å². The van der Waals surface area contributed by atoms with Crippen molar-refractivity contribution in [2.24, 2.45) is 41.4 Å². The number of carbonyl (C=O) groups is 14. The number of fused-ring (bicyclic) bond motifs is 5. The van der Waals surface area contributed by atoms with Gasteiger partial charge in [0.25, 0.3) is 0 Å². The Morgan fingerprint density at radius 3 is 2.11 bits per heavy atom. The summed E-state index contributed by atoms with van der Waals surface area (Å²) in [5.74, 6) is -16.0. The second-order valence-electron chi connectivity index (χ2n) is 25.5. The SMILES string of the molecule is CC[C@H](C)[C@@H]1NC(=O)CNC(=O)[C@H]2CC(=O)[C@H]([C@@H](C)[C@@H](O)CO)NC(=O)[C@@H]3CC(O)CN3C(=O)[C@H](CC(=O)NCc3ccc(NC(=O)[C@H](C)CC(=O)[C@@H](NC(=O)CCN4C(=O)CC(C)C4=O)C(C)C)cc3)CC(=O)[C@H](CSc3[nH]c4ccccc4c3C2)NC(=O)CNC1=O. The highest BCUT2D eigenvalue weighted by molar-refractivity contribution is 7.99. The molecule has 1 aromatic heterocycles. The number of hydrogen-bond acceptors (Lipinski definition) is 18. The number of aliphatic hydroxyl groups excluding tert-OH is 3. The summed E-state index contributed by atoms with van der Waals surface area (Å²) in [6, 6.07) is 6.53. The number of nitrogens with zero attached hydrogens (tertiary/aromatic N) is 2. The van der Waals surface area contributed by atoms with E-state index in [1.54, 1.807) is 90.1 Å². The van der Waals surface area contributed by atoms with Gasteiger partial charge in [0.1, 0.15) is 12.1 Å². The molecule has 2 fully saturated rings. The van der Waals surface area contributed by atoms with Crippen LogP contribution < -0.4 is 42.5 Å². The minimum Gasteiger partial charge on any atom is -0.394 e. The molecule has 4 aliphatic rings. The Balaban J connectivity index is 1.13. The maximum absolute atomic E-state index is 15.1. The molecule has 0 radical (unpaired) electrons. The number of amides is 11. The number of Topliss-reactive ketones (excluding diaryl/α,β-unsaturated/α-hetero) is 3. The van der Waals surface area contributed by atoms with Crippen LogP contribution in [0.4, 0.5) is 5.69 Å². The number of aliphatic hydroxyl groups is 3. The summed E-state index contributed by atoms with van der Waals surface area (Å²) in [7, 11) is 0. The Morgan fingerprint density at radius 1 is 0.766 bits per heavy atom. The fourth-order valence-electron chi connectivity index (χ4n) is 12.0. The average molecular weight is 1330 g/mol. The van der Waals surface area contributed by atoms with Crippen molar-refractivity contribution in [1.82, 2.24) is 52.0 Å². The molecule has 2 aromatic carbocycles. The summed E-state index contributed by atoms with van der Waals surface area (Å²) < 4.78 is 0. The molecule has 11 amide bonds. The van der Waals surface area contributed by atoms with Crippen LogP contribution in [0, 0.1) is 41.4 Å². The van der Waals surface area contributed by atoms with Gasteiger partial charge in [-0.05, 0) is 47.6 Å². The van der Waals surface area contributed by atoms with E-state index < -0.39 is 194 Å². The number of aromatic amines is 1. The van der Waals surface area contributed by atoms with Gasteiger partial charge in [0, 0.05) is 111 Å². The fraction of sp³-hybridized carbons (Fsp3) is 0.569. The average Bonchev–Trinajstić information content (AvgIpc) is 1.63. The number of H-pyrrole nitrogens is 1. The quantitative estimate of drug-likeness (QED) is 0.0693. The van der Waals surface area contributed by atoms with Crippen LogP contribution >= 0.6 is 11.8 Å². The van der Waals surface area contributed by atoms with Gasteiger partial charge in [-0.25, -0.2) is 0 Å². The molecule has 12 N–H and O–H groups in total. The zero-order valence-electron chi connectivity index (χ0n) is 53.9. The molecule has 2 saturated heterocycles. The highest BCUT2D eigenvalue weighted by Gasteiger charge is 2.45. The monoisotopic (exact) mass is 1330 g/mol. The third-order valence-corrected chi connectivity index (χ3v) is 19.0. The van der Waals surface area contributed by atoms with Crippen LogP contribution in [0.5, 0.6) is 0 Å². The van der Waals surface area contributed by atoms with Crippen molar-refractivity contribution in [2.75, 3.05) is 43.9 Å². The summed E-state index contributed by atoms with van der Waals surface area (Å²) in [5, 5.41) is 54.5. The second kappa shape index (κ2) is 33.1. The molecule has 4 aliphatic heterocycles. The number of ketones is 3. The van der Waals surface area contributed by atoms with Gasteiger partial charge in [0.2, 0.25) is 65.0 Å². The normalized spacial score (nSPS) is 24.8. The Kier molecular flexibility index (Phi) is 25.7. The number of imide groups is 1. The summed E-state index contributed by atoms with van der Waals surface area (Å²) in [6.07, 6.45) is -5.51. The molecule has 7 rings (SSSR count). The number of nitrogens with one attached hydrogen (secondary N) is 9. The van der Waals surface area contributed by atoms with Crippen molar-refractivity contribution in [2.45, 2.75) is 160 Å². The Bertz CT molecular complexity index is 3380. The molecule has 0 saturated carbocycles. The maximum atomic E-state index is 15.1. The molecule has 94 heavy (non-hydrogen) atoms. The molecule has 28 nitrogen and oxygen atoms in total.